The number of rotatable bonds is 6. The molecule has 1 aliphatic rings. The predicted octanol–water partition coefficient (Wildman–Crippen LogP) is 5.20. The average molecular weight is 518 g/mol. The Balaban J connectivity index is 1.46. The van der Waals surface area contributed by atoms with E-state index in [0.29, 0.717) is 31.1 Å². The molecule has 4 aromatic rings. The third-order valence-electron chi connectivity index (χ3n) is 5.54. The van der Waals surface area contributed by atoms with Crippen molar-refractivity contribution in [3.05, 3.63) is 76.8 Å². The number of anilines is 4. The number of morpholine rings is 1. The van der Waals surface area contributed by atoms with Crippen molar-refractivity contribution < 1.29 is 4.74 Å². The van der Waals surface area contributed by atoms with E-state index in [1.807, 2.05) is 55.5 Å². The lowest BCUT2D eigenvalue weighted by Gasteiger charge is -2.27. The maximum Gasteiger partial charge on any atom is 0.250 e. The highest BCUT2D eigenvalue weighted by Gasteiger charge is 2.17. The highest BCUT2D eigenvalue weighted by molar-refractivity contribution is 9.10. The van der Waals surface area contributed by atoms with Crippen LogP contribution in [0.2, 0.25) is 0 Å². The van der Waals surface area contributed by atoms with Crippen LogP contribution in [-0.2, 0) is 4.74 Å². The van der Waals surface area contributed by atoms with Crippen LogP contribution >= 0.6 is 15.9 Å². The van der Waals surface area contributed by atoms with Gasteiger partial charge in [-0.05, 0) is 36.1 Å². The third kappa shape index (κ3) is 5.16. The number of hydrazone groups is 1. The second kappa shape index (κ2) is 10.1. The lowest BCUT2D eigenvalue weighted by molar-refractivity contribution is 0.122. The number of aromatic nitrogens is 3. The molecule has 9 heteroatoms. The van der Waals surface area contributed by atoms with E-state index in [4.69, 9.17) is 9.72 Å². The maximum absolute atomic E-state index is 5.49. The SMILES string of the molecule is CC(=NNc1nc(Nc2cccc3ccccc23)nc(N2CCOCC2)n1)c1ccc(Br)cc1. The Hall–Kier alpha value is -3.56. The molecule has 0 bridgehead atoms. The zero-order chi connectivity index (χ0) is 23.3. The monoisotopic (exact) mass is 517 g/mol. The van der Waals surface area contributed by atoms with E-state index in [1.54, 1.807) is 0 Å². The first-order valence-electron chi connectivity index (χ1n) is 11.1. The molecule has 1 aromatic heterocycles. The molecule has 2 N–H and O–H groups in total. The van der Waals surface area contributed by atoms with Gasteiger partial charge in [0.05, 0.1) is 18.9 Å². The number of hydrogen-bond acceptors (Lipinski definition) is 8. The summed E-state index contributed by atoms with van der Waals surface area (Å²) in [4.78, 5) is 16.0. The minimum absolute atomic E-state index is 0.371. The topological polar surface area (TPSA) is 87.6 Å². The van der Waals surface area contributed by atoms with Gasteiger partial charge in [0.1, 0.15) is 0 Å². The molecule has 0 aliphatic carbocycles. The van der Waals surface area contributed by atoms with Crippen molar-refractivity contribution in [1.29, 1.82) is 0 Å². The Morgan fingerprint density at radius 1 is 0.912 bits per heavy atom. The molecule has 2 heterocycles. The van der Waals surface area contributed by atoms with Gasteiger partial charge in [0.25, 0.3) is 0 Å². The molecule has 172 valence electrons. The minimum atomic E-state index is 0.371. The quantitative estimate of drug-likeness (QED) is 0.268. The van der Waals surface area contributed by atoms with Crippen LogP contribution in [0.5, 0.6) is 0 Å². The fourth-order valence-corrected chi connectivity index (χ4v) is 3.98. The zero-order valence-corrected chi connectivity index (χ0v) is 20.3. The minimum Gasteiger partial charge on any atom is -0.378 e. The summed E-state index contributed by atoms with van der Waals surface area (Å²) in [6.07, 6.45) is 0. The molecule has 5 rings (SSSR count). The summed E-state index contributed by atoms with van der Waals surface area (Å²) in [5.74, 6) is 1.41. The Labute approximate surface area is 206 Å². The van der Waals surface area contributed by atoms with Crippen LogP contribution in [0, 0.1) is 0 Å². The molecule has 0 spiro atoms. The molecule has 8 nitrogen and oxygen atoms in total. The molecule has 3 aromatic carbocycles. The summed E-state index contributed by atoms with van der Waals surface area (Å²) in [5, 5.41) is 10.1. The summed E-state index contributed by atoms with van der Waals surface area (Å²) >= 11 is 3.46. The van der Waals surface area contributed by atoms with Gasteiger partial charge in [-0.3, -0.25) is 0 Å². The fraction of sp³-hybridized carbons (Fsp3) is 0.200. The zero-order valence-electron chi connectivity index (χ0n) is 18.7. The number of nitrogens with one attached hydrogen (secondary N) is 2. The average Bonchev–Trinajstić information content (AvgIpc) is 2.88. The van der Waals surface area contributed by atoms with Gasteiger partial charge in [0.2, 0.25) is 17.8 Å². The number of halogens is 1. The van der Waals surface area contributed by atoms with Gasteiger partial charge in [-0.25, -0.2) is 5.43 Å². The second-order valence-electron chi connectivity index (χ2n) is 7.85. The summed E-state index contributed by atoms with van der Waals surface area (Å²) in [6.45, 7) is 4.66. The molecule has 1 aliphatic heterocycles. The number of nitrogens with zero attached hydrogens (tertiary/aromatic N) is 5. The molecular formula is C25H24BrN7O. The van der Waals surface area contributed by atoms with Gasteiger partial charge < -0.3 is 15.0 Å². The Morgan fingerprint density at radius 3 is 2.47 bits per heavy atom. The fourth-order valence-electron chi connectivity index (χ4n) is 3.72. The number of fused-ring (bicyclic) bond motifs is 1. The van der Waals surface area contributed by atoms with E-state index in [9.17, 15) is 0 Å². The summed E-state index contributed by atoms with van der Waals surface area (Å²) < 4.78 is 6.51. The molecular weight excluding hydrogens is 494 g/mol. The van der Waals surface area contributed by atoms with Gasteiger partial charge in [-0.2, -0.15) is 20.1 Å². The van der Waals surface area contributed by atoms with E-state index >= 15 is 0 Å². The van der Waals surface area contributed by atoms with Crippen molar-refractivity contribution >= 4 is 55.9 Å². The van der Waals surface area contributed by atoms with E-state index in [0.717, 1.165) is 45.3 Å². The summed E-state index contributed by atoms with van der Waals surface area (Å²) in [7, 11) is 0. The van der Waals surface area contributed by atoms with Crippen LogP contribution in [0.4, 0.5) is 23.5 Å². The second-order valence-corrected chi connectivity index (χ2v) is 8.77. The van der Waals surface area contributed by atoms with Crippen molar-refractivity contribution in [3.8, 4) is 0 Å². The normalized spacial score (nSPS) is 14.3. The summed E-state index contributed by atoms with van der Waals surface area (Å²) in [6, 6.07) is 22.3. The van der Waals surface area contributed by atoms with Gasteiger partial charge in [-0.15, -0.1) is 0 Å². The smallest absolute Gasteiger partial charge is 0.250 e. The van der Waals surface area contributed by atoms with Crippen LogP contribution < -0.4 is 15.6 Å². The Kier molecular flexibility index (Phi) is 6.64. The molecule has 0 amide bonds. The molecule has 1 saturated heterocycles. The summed E-state index contributed by atoms with van der Waals surface area (Å²) in [5.41, 5.74) is 5.78. The lowest BCUT2D eigenvalue weighted by Crippen LogP contribution is -2.37. The molecule has 0 saturated carbocycles. The van der Waals surface area contributed by atoms with Crippen LogP contribution in [0.3, 0.4) is 0 Å². The lowest BCUT2D eigenvalue weighted by atomic mass is 10.1. The first-order chi connectivity index (χ1) is 16.7. The van der Waals surface area contributed by atoms with Crippen molar-refractivity contribution in [1.82, 2.24) is 15.0 Å². The highest BCUT2D eigenvalue weighted by atomic mass is 79.9. The number of hydrogen-bond donors (Lipinski definition) is 2. The molecule has 34 heavy (non-hydrogen) atoms. The predicted molar refractivity (Wildman–Crippen MR) is 140 cm³/mol. The van der Waals surface area contributed by atoms with Crippen molar-refractivity contribution in [2.45, 2.75) is 6.92 Å². The van der Waals surface area contributed by atoms with E-state index in [2.05, 4.69) is 64.8 Å². The Bertz CT molecular complexity index is 1320. The van der Waals surface area contributed by atoms with Crippen molar-refractivity contribution in [2.24, 2.45) is 5.10 Å². The Morgan fingerprint density at radius 2 is 1.65 bits per heavy atom. The van der Waals surface area contributed by atoms with Gasteiger partial charge in [0.15, 0.2) is 0 Å². The van der Waals surface area contributed by atoms with Gasteiger partial charge in [-0.1, -0.05) is 64.5 Å². The van der Waals surface area contributed by atoms with Crippen LogP contribution in [0.15, 0.2) is 76.3 Å². The van der Waals surface area contributed by atoms with Gasteiger partial charge >= 0.3 is 0 Å². The van der Waals surface area contributed by atoms with E-state index < -0.39 is 0 Å². The van der Waals surface area contributed by atoms with Crippen LogP contribution in [-0.4, -0.2) is 47.0 Å². The number of ether oxygens (including phenoxy) is 1. The van der Waals surface area contributed by atoms with E-state index in [1.165, 1.54) is 0 Å². The van der Waals surface area contributed by atoms with Gasteiger partial charge in [0, 0.05) is 28.6 Å². The molecule has 0 radical (unpaired) electrons. The van der Waals surface area contributed by atoms with Crippen LogP contribution in [0.25, 0.3) is 10.8 Å². The first-order valence-corrected chi connectivity index (χ1v) is 11.8. The third-order valence-corrected chi connectivity index (χ3v) is 6.07. The highest BCUT2D eigenvalue weighted by Crippen LogP contribution is 2.26. The molecule has 0 atom stereocenters. The molecule has 0 unspecified atom stereocenters. The van der Waals surface area contributed by atoms with Crippen molar-refractivity contribution in [3.63, 3.8) is 0 Å². The van der Waals surface area contributed by atoms with Crippen molar-refractivity contribution in [2.75, 3.05) is 41.9 Å². The largest absolute Gasteiger partial charge is 0.378 e. The maximum atomic E-state index is 5.49. The first kappa shape index (κ1) is 22.2. The standard InChI is InChI=1S/C25H24BrN7O/c1-17(18-9-11-20(26)12-10-18)31-32-24-28-23(29-25(30-24)33-13-15-34-16-14-33)27-22-8-4-6-19-5-2-3-7-21(19)22/h2-12H,13-16H2,1H3,(H2,27,28,29,30,32). The number of benzene rings is 3. The molecule has 1 fully saturated rings. The van der Waals surface area contributed by atoms with Crippen LogP contribution in [0.1, 0.15) is 12.5 Å². The van der Waals surface area contributed by atoms with E-state index in [-0.39, 0.29) is 0 Å².